The molecular formula is C19H20N4O2. The largest absolute Gasteiger partial charge is 0.435 e. The molecule has 0 aliphatic carbocycles. The van der Waals surface area contributed by atoms with Gasteiger partial charge in [-0.25, -0.2) is 4.98 Å². The highest BCUT2D eigenvalue weighted by Crippen LogP contribution is 2.24. The first-order chi connectivity index (χ1) is 12.3. The van der Waals surface area contributed by atoms with Gasteiger partial charge in [-0.2, -0.15) is 0 Å². The minimum absolute atomic E-state index is 0.249. The van der Waals surface area contributed by atoms with Crippen LogP contribution in [0.4, 0.5) is 0 Å². The van der Waals surface area contributed by atoms with Crippen LogP contribution in [0.3, 0.4) is 0 Å². The van der Waals surface area contributed by atoms with Gasteiger partial charge in [0, 0.05) is 24.0 Å². The molecule has 3 heterocycles. The Morgan fingerprint density at radius 3 is 2.92 bits per heavy atom. The van der Waals surface area contributed by atoms with Crippen molar-refractivity contribution < 1.29 is 9.21 Å². The van der Waals surface area contributed by atoms with Crippen LogP contribution < -0.4 is 10.6 Å². The number of hydrogen-bond donors (Lipinski definition) is 2. The summed E-state index contributed by atoms with van der Waals surface area (Å²) in [6.07, 6.45) is 5.26. The maximum atomic E-state index is 12.4. The number of nitrogens with zero attached hydrogens (tertiary/aromatic N) is 2. The molecule has 0 atom stereocenters. The number of piperidine rings is 1. The average Bonchev–Trinajstić information content (AvgIpc) is 3.17. The minimum Gasteiger partial charge on any atom is -0.435 e. The van der Waals surface area contributed by atoms with Gasteiger partial charge >= 0.3 is 0 Å². The SMILES string of the molecule is O=C(NCc1cccc2cccnc12)c1cnc(C2CCNCC2)o1. The molecule has 0 bridgehead atoms. The molecule has 2 aromatic heterocycles. The Morgan fingerprint density at radius 1 is 1.20 bits per heavy atom. The number of aromatic nitrogens is 2. The van der Waals surface area contributed by atoms with E-state index in [-0.39, 0.29) is 11.7 Å². The molecule has 0 saturated carbocycles. The first-order valence-corrected chi connectivity index (χ1v) is 8.58. The monoisotopic (exact) mass is 336 g/mol. The summed E-state index contributed by atoms with van der Waals surface area (Å²) in [5.74, 6) is 0.978. The van der Waals surface area contributed by atoms with Gasteiger partial charge in [0.1, 0.15) is 0 Å². The molecule has 6 heteroatoms. The fourth-order valence-corrected chi connectivity index (χ4v) is 3.22. The summed E-state index contributed by atoms with van der Waals surface area (Å²) in [7, 11) is 0. The summed E-state index contributed by atoms with van der Waals surface area (Å²) in [6.45, 7) is 2.32. The van der Waals surface area contributed by atoms with E-state index in [0.29, 0.717) is 18.4 Å². The Bertz CT molecular complexity index is 879. The molecule has 1 fully saturated rings. The number of oxazole rings is 1. The van der Waals surface area contributed by atoms with Crippen molar-refractivity contribution in [3.63, 3.8) is 0 Å². The number of fused-ring (bicyclic) bond motifs is 1. The van der Waals surface area contributed by atoms with Gasteiger partial charge in [-0.1, -0.05) is 24.3 Å². The second-order valence-corrected chi connectivity index (χ2v) is 6.26. The van der Waals surface area contributed by atoms with Crippen LogP contribution in [-0.2, 0) is 6.54 Å². The molecule has 1 aliphatic rings. The van der Waals surface area contributed by atoms with Gasteiger partial charge in [-0.3, -0.25) is 9.78 Å². The van der Waals surface area contributed by atoms with Crippen LogP contribution in [-0.4, -0.2) is 29.0 Å². The fourth-order valence-electron chi connectivity index (χ4n) is 3.22. The molecule has 128 valence electrons. The zero-order valence-electron chi connectivity index (χ0n) is 13.9. The highest BCUT2D eigenvalue weighted by atomic mass is 16.4. The molecule has 6 nitrogen and oxygen atoms in total. The molecule has 4 rings (SSSR count). The molecule has 25 heavy (non-hydrogen) atoms. The van der Waals surface area contributed by atoms with Crippen molar-refractivity contribution in [2.45, 2.75) is 25.3 Å². The van der Waals surface area contributed by atoms with Crippen molar-refractivity contribution in [2.75, 3.05) is 13.1 Å². The number of carbonyl (C=O) groups is 1. The lowest BCUT2D eigenvalue weighted by Crippen LogP contribution is -2.26. The molecule has 0 radical (unpaired) electrons. The third-order valence-corrected chi connectivity index (χ3v) is 4.59. The number of hydrogen-bond acceptors (Lipinski definition) is 5. The van der Waals surface area contributed by atoms with Crippen molar-refractivity contribution in [1.82, 2.24) is 20.6 Å². The third kappa shape index (κ3) is 3.39. The Labute approximate surface area is 145 Å². The first-order valence-electron chi connectivity index (χ1n) is 8.58. The van der Waals surface area contributed by atoms with Crippen LogP contribution in [0, 0.1) is 0 Å². The number of para-hydroxylation sites is 1. The predicted octanol–water partition coefficient (Wildman–Crippen LogP) is 2.62. The molecule has 1 aromatic carbocycles. The summed E-state index contributed by atoms with van der Waals surface area (Å²) < 4.78 is 5.69. The zero-order chi connectivity index (χ0) is 17.1. The summed E-state index contributed by atoms with van der Waals surface area (Å²) in [6, 6.07) is 9.86. The maximum Gasteiger partial charge on any atom is 0.288 e. The standard InChI is InChI=1S/C19H20N4O2/c24-18(16-12-23-19(25-16)14-6-9-20-10-7-14)22-11-15-4-1-3-13-5-2-8-21-17(13)15/h1-5,8,12,14,20H,6-7,9-11H2,(H,22,24). The molecule has 2 N–H and O–H groups in total. The summed E-state index contributed by atoms with van der Waals surface area (Å²) in [5.41, 5.74) is 1.88. The lowest BCUT2D eigenvalue weighted by atomic mass is 9.98. The maximum absolute atomic E-state index is 12.4. The van der Waals surface area contributed by atoms with Gasteiger partial charge < -0.3 is 15.1 Å². The third-order valence-electron chi connectivity index (χ3n) is 4.59. The lowest BCUT2D eigenvalue weighted by molar-refractivity contribution is 0.0920. The fraction of sp³-hybridized carbons (Fsp3) is 0.316. The molecule has 1 amide bonds. The van der Waals surface area contributed by atoms with E-state index in [9.17, 15) is 4.79 Å². The number of nitrogens with one attached hydrogen (secondary N) is 2. The topological polar surface area (TPSA) is 80.0 Å². The van der Waals surface area contributed by atoms with E-state index in [1.807, 2.05) is 30.3 Å². The quantitative estimate of drug-likeness (QED) is 0.765. The predicted molar refractivity (Wildman–Crippen MR) is 94.3 cm³/mol. The molecule has 1 aliphatic heterocycles. The van der Waals surface area contributed by atoms with E-state index in [1.165, 1.54) is 6.20 Å². The Kier molecular flexibility index (Phi) is 4.43. The van der Waals surface area contributed by atoms with Crippen LogP contribution in [0.15, 0.2) is 47.1 Å². The van der Waals surface area contributed by atoms with E-state index in [4.69, 9.17) is 4.42 Å². The van der Waals surface area contributed by atoms with Gasteiger partial charge in [0.05, 0.1) is 11.7 Å². The van der Waals surface area contributed by atoms with E-state index in [0.717, 1.165) is 42.4 Å². The molecule has 3 aromatic rings. The number of benzene rings is 1. The van der Waals surface area contributed by atoms with Gasteiger partial charge in [0.15, 0.2) is 5.89 Å². The Balaban J connectivity index is 1.44. The number of rotatable bonds is 4. The second kappa shape index (κ2) is 7.03. The van der Waals surface area contributed by atoms with Crippen molar-refractivity contribution in [2.24, 2.45) is 0 Å². The Morgan fingerprint density at radius 2 is 2.04 bits per heavy atom. The van der Waals surface area contributed by atoms with Gasteiger partial charge in [-0.15, -0.1) is 0 Å². The molecule has 0 spiro atoms. The van der Waals surface area contributed by atoms with E-state index in [1.54, 1.807) is 6.20 Å². The summed E-state index contributed by atoms with van der Waals surface area (Å²) in [4.78, 5) is 21.1. The van der Waals surface area contributed by atoms with E-state index < -0.39 is 0 Å². The van der Waals surface area contributed by atoms with Crippen LogP contribution in [0.2, 0.25) is 0 Å². The lowest BCUT2D eigenvalue weighted by Gasteiger charge is -2.19. The second-order valence-electron chi connectivity index (χ2n) is 6.26. The molecule has 1 saturated heterocycles. The smallest absolute Gasteiger partial charge is 0.288 e. The van der Waals surface area contributed by atoms with Crippen LogP contribution >= 0.6 is 0 Å². The molecule has 0 unspecified atom stereocenters. The van der Waals surface area contributed by atoms with Crippen molar-refractivity contribution >= 4 is 16.8 Å². The van der Waals surface area contributed by atoms with E-state index in [2.05, 4.69) is 20.6 Å². The van der Waals surface area contributed by atoms with Crippen molar-refractivity contribution in [1.29, 1.82) is 0 Å². The van der Waals surface area contributed by atoms with Crippen LogP contribution in [0.5, 0.6) is 0 Å². The highest BCUT2D eigenvalue weighted by molar-refractivity contribution is 5.91. The first kappa shape index (κ1) is 15.8. The zero-order valence-corrected chi connectivity index (χ0v) is 13.9. The van der Waals surface area contributed by atoms with Gasteiger partial charge in [-0.05, 0) is 37.6 Å². The molecular weight excluding hydrogens is 316 g/mol. The van der Waals surface area contributed by atoms with Crippen molar-refractivity contribution in [3.05, 3.63) is 59.9 Å². The summed E-state index contributed by atoms with van der Waals surface area (Å²) >= 11 is 0. The Hall–Kier alpha value is -2.73. The number of pyridine rings is 1. The normalized spacial score (nSPS) is 15.4. The van der Waals surface area contributed by atoms with Crippen LogP contribution in [0.25, 0.3) is 10.9 Å². The minimum atomic E-state index is -0.249. The number of amides is 1. The van der Waals surface area contributed by atoms with Crippen LogP contribution in [0.1, 0.15) is 40.8 Å². The number of carbonyl (C=O) groups excluding carboxylic acids is 1. The van der Waals surface area contributed by atoms with Crippen molar-refractivity contribution in [3.8, 4) is 0 Å². The highest BCUT2D eigenvalue weighted by Gasteiger charge is 2.22. The van der Waals surface area contributed by atoms with Gasteiger partial charge in [0.2, 0.25) is 5.76 Å². The van der Waals surface area contributed by atoms with E-state index >= 15 is 0 Å². The summed E-state index contributed by atoms with van der Waals surface area (Å²) in [5, 5.41) is 7.27. The average molecular weight is 336 g/mol. The van der Waals surface area contributed by atoms with Gasteiger partial charge in [0.25, 0.3) is 5.91 Å².